The molecule has 4 N–H and O–H groups in total. The molecule has 0 aliphatic heterocycles. The van der Waals surface area contributed by atoms with Gasteiger partial charge < -0.3 is 10.6 Å². The van der Waals surface area contributed by atoms with Crippen LogP contribution in [0.15, 0.2) is 78.9 Å². The van der Waals surface area contributed by atoms with Gasteiger partial charge in [-0.15, -0.1) is 0 Å². The molecule has 34 heavy (non-hydrogen) atoms. The third kappa shape index (κ3) is 6.13. The van der Waals surface area contributed by atoms with Gasteiger partial charge in [0.05, 0.1) is 0 Å². The summed E-state index contributed by atoms with van der Waals surface area (Å²) >= 11 is 0. The molecule has 0 radical (unpaired) electrons. The number of nitrogens with zero attached hydrogens (tertiary/aromatic N) is 3. The van der Waals surface area contributed by atoms with Gasteiger partial charge in [0.15, 0.2) is 5.82 Å². The average Bonchev–Trinajstić information content (AvgIpc) is 2.82. The van der Waals surface area contributed by atoms with E-state index in [-0.39, 0.29) is 11.9 Å². The van der Waals surface area contributed by atoms with E-state index in [9.17, 15) is 9.59 Å². The van der Waals surface area contributed by atoms with Crippen molar-refractivity contribution in [2.24, 2.45) is 0 Å². The first-order valence-electron chi connectivity index (χ1n) is 10.6. The summed E-state index contributed by atoms with van der Waals surface area (Å²) in [6.07, 6.45) is 0. The van der Waals surface area contributed by atoms with Crippen molar-refractivity contribution in [3.05, 3.63) is 90.0 Å². The summed E-state index contributed by atoms with van der Waals surface area (Å²) in [5.74, 6) is 0.278. The van der Waals surface area contributed by atoms with Crippen LogP contribution < -0.4 is 21.3 Å². The van der Waals surface area contributed by atoms with Gasteiger partial charge in [-0.3, -0.25) is 10.6 Å². The van der Waals surface area contributed by atoms with Gasteiger partial charge in [-0.1, -0.05) is 65.7 Å². The van der Waals surface area contributed by atoms with E-state index in [1.807, 2.05) is 68.4 Å². The maximum Gasteiger partial charge on any atom is 0.326 e. The highest BCUT2D eigenvalue weighted by Crippen LogP contribution is 2.18. The summed E-state index contributed by atoms with van der Waals surface area (Å²) in [5, 5.41) is 10.6. The third-order valence-corrected chi connectivity index (χ3v) is 4.74. The van der Waals surface area contributed by atoms with Crippen LogP contribution in [0.4, 0.5) is 32.9 Å². The Morgan fingerprint density at radius 3 is 1.44 bits per heavy atom. The Hall–Kier alpha value is -4.79. The Labute approximate surface area is 196 Å². The number of benzene rings is 3. The highest BCUT2D eigenvalue weighted by atomic mass is 16.2. The molecule has 4 amide bonds. The fourth-order valence-corrected chi connectivity index (χ4v) is 3.01. The van der Waals surface area contributed by atoms with Gasteiger partial charge in [0.25, 0.3) is 0 Å². The maximum atomic E-state index is 12.5. The highest BCUT2D eigenvalue weighted by molar-refractivity contribution is 6.00. The number of carbonyl (C=O) groups is 2. The monoisotopic (exact) mass is 453 g/mol. The molecule has 0 saturated carbocycles. The first kappa shape index (κ1) is 22.4. The second kappa shape index (κ2) is 10.2. The molecule has 1 aromatic heterocycles. The molecule has 170 valence electrons. The van der Waals surface area contributed by atoms with E-state index in [1.165, 1.54) is 0 Å². The second-order valence-electron chi connectivity index (χ2n) is 7.56. The Morgan fingerprint density at radius 2 is 1.00 bits per heavy atom. The summed E-state index contributed by atoms with van der Waals surface area (Å²) in [5.41, 5.74) is 4.10. The number of urea groups is 2. The molecule has 0 aliphatic rings. The molecule has 0 bridgehead atoms. The predicted octanol–water partition coefficient (Wildman–Crippen LogP) is 5.44. The number of amides is 4. The van der Waals surface area contributed by atoms with Gasteiger partial charge in [-0.25, -0.2) is 9.59 Å². The van der Waals surface area contributed by atoms with Gasteiger partial charge in [-0.2, -0.15) is 15.0 Å². The van der Waals surface area contributed by atoms with Crippen molar-refractivity contribution in [3.8, 4) is 11.4 Å². The first-order valence-corrected chi connectivity index (χ1v) is 10.6. The third-order valence-electron chi connectivity index (χ3n) is 4.74. The summed E-state index contributed by atoms with van der Waals surface area (Å²) in [7, 11) is 0. The standard InChI is InChI=1S/C25H23N7O2/c1-16-8-12-19(13-9-16)26-24(33)31-22-28-21(18-6-4-3-5-7-18)29-23(30-22)32-25(34)27-20-14-10-17(2)11-15-20/h3-15H,1-2H3,(H4,26,27,28,29,30,31,32,33,34). The molecule has 3 aromatic carbocycles. The number of rotatable bonds is 5. The van der Waals surface area contributed by atoms with Crippen molar-refractivity contribution in [1.82, 2.24) is 15.0 Å². The van der Waals surface area contributed by atoms with Crippen molar-refractivity contribution < 1.29 is 9.59 Å². The fourth-order valence-electron chi connectivity index (χ4n) is 3.01. The lowest BCUT2D eigenvalue weighted by atomic mass is 10.2. The minimum Gasteiger partial charge on any atom is -0.308 e. The quantitative estimate of drug-likeness (QED) is 0.320. The number of anilines is 4. The number of aryl methyl sites for hydroxylation is 2. The lowest BCUT2D eigenvalue weighted by Gasteiger charge is -2.11. The molecule has 1 heterocycles. The SMILES string of the molecule is Cc1ccc(NC(=O)Nc2nc(NC(=O)Nc3ccc(C)cc3)nc(-c3ccccc3)n2)cc1. The number of nitrogens with one attached hydrogen (secondary N) is 4. The van der Waals surface area contributed by atoms with E-state index >= 15 is 0 Å². The zero-order chi connectivity index (χ0) is 23.9. The molecule has 4 rings (SSSR count). The van der Waals surface area contributed by atoms with Gasteiger partial charge in [0, 0.05) is 16.9 Å². The molecule has 0 atom stereocenters. The zero-order valence-electron chi connectivity index (χ0n) is 18.7. The predicted molar refractivity (Wildman–Crippen MR) is 133 cm³/mol. The van der Waals surface area contributed by atoms with Crippen LogP contribution in [-0.4, -0.2) is 27.0 Å². The van der Waals surface area contributed by atoms with E-state index in [4.69, 9.17) is 0 Å². The van der Waals surface area contributed by atoms with Crippen molar-refractivity contribution in [1.29, 1.82) is 0 Å². The molecule has 0 spiro atoms. The van der Waals surface area contributed by atoms with E-state index in [0.717, 1.165) is 11.1 Å². The smallest absolute Gasteiger partial charge is 0.308 e. The fraction of sp³-hybridized carbons (Fsp3) is 0.0800. The molecule has 9 heteroatoms. The molecular weight excluding hydrogens is 430 g/mol. The molecule has 0 aliphatic carbocycles. The topological polar surface area (TPSA) is 121 Å². The lowest BCUT2D eigenvalue weighted by molar-refractivity contribution is 0.261. The minimum absolute atomic E-state index is 0.0101. The molecule has 0 unspecified atom stereocenters. The molecule has 0 saturated heterocycles. The summed E-state index contributed by atoms with van der Waals surface area (Å²) in [4.78, 5) is 37.8. The molecule has 0 fully saturated rings. The van der Waals surface area contributed by atoms with Crippen molar-refractivity contribution in [2.75, 3.05) is 21.3 Å². The van der Waals surface area contributed by atoms with Crippen LogP contribution in [0.1, 0.15) is 11.1 Å². The van der Waals surface area contributed by atoms with Gasteiger partial charge in [-0.05, 0) is 38.1 Å². The normalized spacial score (nSPS) is 10.3. The molecular formula is C25H23N7O2. The second-order valence-corrected chi connectivity index (χ2v) is 7.56. The zero-order valence-corrected chi connectivity index (χ0v) is 18.7. The number of carbonyl (C=O) groups excluding carboxylic acids is 2. The van der Waals surface area contributed by atoms with Gasteiger partial charge >= 0.3 is 12.1 Å². The van der Waals surface area contributed by atoms with Gasteiger partial charge in [0.1, 0.15) is 0 Å². The highest BCUT2D eigenvalue weighted by Gasteiger charge is 2.13. The van der Waals surface area contributed by atoms with Crippen LogP contribution in [-0.2, 0) is 0 Å². The summed E-state index contributed by atoms with van der Waals surface area (Å²) in [6.45, 7) is 3.92. The number of hydrogen-bond acceptors (Lipinski definition) is 5. The van der Waals surface area contributed by atoms with E-state index in [2.05, 4.69) is 36.2 Å². The largest absolute Gasteiger partial charge is 0.326 e. The summed E-state index contributed by atoms with van der Waals surface area (Å²) < 4.78 is 0. The Balaban J connectivity index is 1.53. The van der Waals surface area contributed by atoms with Crippen molar-refractivity contribution >= 4 is 35.3 Å². The average molecular weight is 454 g/mol. The molecule has 9 nitrogen and oxygen atoms in total. The van der Waals surface area contributed by atoms with E-state index in [1.54, 1.807) is 24.3 Å². The van der Waals surface area contributed by atoms with Gasteiger partial charge in [0.2, 0.25) is 11.9 Å². The van der Waals surface area contributed by atoms with Crippen molar-refractivity contribution in [3.63, 3.8) is 0 Å². The van der Waals surface area contributed by atoms with E-state index < -0.39 is 12.1 Å². The first-order chi connectivity index (χ1) is 16.4. The number of hydrogen-bond donors (Lipinski definition) is 4. The van der Waals surface area contributed by atoms with Crippen LogP contribution in [0.2, 0.25) is 0 Å². The van der Waals surface area contributed by atoms with Crippen LogP contribution in [0.25, 0.3) is 11.4 Å². The maximum absolute atomic E-state index is 12.5. The Kier molecular flexibility index (Phi) is 6.73. The lowest BCUT2D eigenvalue weighted by Crippen LogP contribution is -2.24. The van der Waals surface area contributed by atoms with Crippen molar-refractivity contribution in [2.45, 2.75) is 13.8 Å². The van der Waals surface area contributed by atoms with Crippen LogP contribution in [0.5, 0.6) is 0 Å². The Bertz CT molecular complexity index is 1210. The Morgan fingerprint density at radius 1 is 0.559 bits per heavy atom. The van der Waals surface area contributed by atoms with Crippen LogP contribution in [0, 0.1) is 13.8 Å². The van der Waals surface area contributed by atoms with Crippen LogP contribution in [0.3, 0.4) is 0 Å². The van der Waals surface area contributed by atoms with E-state index in [0.29, 0.717) is 22.8 Å². The van der Waals surface area contributed by atoms with Crippen LogP contribution >= 0.6 is 0 Å². The number of aromatic nitrogens is 3. The molecule has 4 aromatic rings. The minimum atomic E-state index is -0.524. The summed E-state index contributed by atoms with van der Waals surface area (Å²) in [6, 6.07) is 22.9.